The summed E-state index contributed by atoms with van der Waals surface area (Å²) in [5.41, 5.74) is 0. The minimum absolute atomic E-state index is 0. The Labute approximate surface area is 193 Å². The van der Waals surface area contributed by atoms with Crippen LogP contribution in [0.15, 0.2) is 121 Å². The molecule has 154 valence electrons. The Morgan fingerprint density at radius 3 is 0.800 bits per heavy atom. The molecule has 0 fully saturated rings. The first-order chi connectivity index (χ1) is 14.2. The van der Waals surface area contributed by atoms with Crippen LogP contribution in [0.4, 0.5) is 0 Å². The van der Waals surface area contributed by atoms with Gasteiger partial charge in [0, 0.05) is 21.4 Å². The summed E-state index contributed by atoms with van der Waals surface area (Å²) in [5.74, 6) is 0. The normalized spacial score (nSPS) is 11.3. The van der Waals surface area contributed by atoms with Crippen molar-refractivity contribution in [1.29, 1.82) is 0 Å². The summed E-state index contributed by atoms with van der Waals surface area (Å²) < 4.78 is 0. The molecule has 0 amide bonds. The third-order valence-corrected chi connectivity index (χ3v) is 11.8. The Bertz CT molecular complexity index is 855. The molecule has 0 N–H and O–H groups in total. The first-order valence-corrected chi connectivity index (χ1v) is 12.7. The van der Waals surface area contributed by atoms with Gasteiger partial charge in [-0.3, -0.25) is 0 Å². The third-order valence-electron chi connectivity index (χ3n) is 5.15. The predicted molar refractivity (Wildman–Crippen MR) is 132 cm³/mol. The second kappa shape index (κ2) is 10.5. The molecule has 0 bridgehead atoms. The van der Waals surface area contributed by atoms with Crippen LogP contribution in [0, 0.1) is 0 Å². The summed E-state index contributed by atoms with van der Waals surface area (Å²) in [6.45, 7) is 4.95. The van der Waals surface area contributed by atoms with Crippen LogP contribution >= 0.6 is 15.8 Å². The van der Waals surface area contributed by atoms with Crippen molar-refractivity contribution in [3.8, 4) is 0 Å². The summed E-state index contributed by atoms with van der Waals surface area (Å²) in [5, 5.41) is 5.77. The Balaban J connectivity index is 0.00000256. The molecular weight excluding hydrogens is 445 g/mol. The predicted octanol–water partition coefficient (Wildman–Crippen LogP) is 5.99. The van der Waals surface area contributed by atoms with Crippen molar-refractivity contribution < 1.29 is 16.5 Å². The second-order valence-electron chi connectivity index (χ2n) is 7.51. The monoisotopic (exact) mass is 470 g/mol. The van der Waals surface area contributed by atoms with Gasteiger partial charge in [0.25, 0.3) is 0 Å². The maximum Gasteiger partial charge on any atom is 0.0210 e. The van der Waals surface area contributed by atoms with Crippen LogP contribution in [-0.4, -0.2) is 4.90 Å². The van der Waals surface area contributed by atoms with Gasteiger partial charge in [-0.2, -0.15) is 0 Å². The van der Waals surface area contributed by atoms with E-state index >= 15 is 0 Å². The fraction of sp³-hybridized carbons (Fsp3) is 0.111. The molecule has 4 aromatic carbocycles. The van der Waals surface area contributed by atoms with Crippen molar-refractivity contribution in [2.45, 2.75) is 18.7 Å². The molecule has 0 aromatic heterocycles. The molecule has 4 rings (SSSR count). The molecule has 0 unspecified atom stereocenters. The van der Waals surface area contributed by atoms with Crippen molar-refractivity contribution >= 4 is 37.1 Å². The maximum atomic E-state index is 2.48. The van der Waals surface area contributed by atoms with E-state index in [9.17, 15) is 0 Å². The summed E-state index contributed by atoms with van der Waals surface area (Å²) in [7, 11) is -1.10. The summed E-state index contributed by atoms with van der Waals surface area (Å²) in [6, 6.07) is 44.4. The van der Waals surface area contributed by atoms with E-state index in [4.69, 9.17) is 0 Å². The summed E-state index contributed by atoms with van der Waals surface area (Å²) in [4.78, 5) is 0.0794. The van der Waals surface area contributed by atoms with Crippen molar-refractivity contribution in [3.05, 3.63) is 121 Å². The molecule has 0 atom stereocenters. The van der Waals surface area contributed by atoms with Gasteiger partial charge in [-0.1, -0.05) is 135 Å². The maximum absolute atomic E-state index is 2.48. The average Bonchev–Trinajstić information content (AvgIpc) is 2.77. The molecule has 0 aliphatic rings. The Hall–Kier alpha value is -1.77. The molecule has 0 radical (unpaired) electrons. The van der Waals surface area contributed by atoms with Gasteiger partial charge in [0.1, 0.15) is 0 Å². The second-order valence-corrected chi connectivity index (χ2v) is 13.5. The van der Waals surface area contributed by atoms with Gasteiger partial charge in [0.2, 0.25) is 0 Å². The first kappa shape index (κ1) is 22.9. The minimum Gasteiger partial charge on any atom is -0.0622 e. The molecule has 0 spiro atoms. The van der Waals surface area contributed by atoms with E-state index in [0.717, 1.165) is 0 Å². The molecule has 0 nitrogen and oxygen atoms in total. The van der Waals surface area contributed by atoms with Gasteiger partial charge in [-0.05, 0) is 37.1 Å². The van der Waals surface area contributed by atoms with Crippen LogP contribution in [-0.2, 0) is 16.5 Å². The van der Waals surface area contributed by atoms with Gasteiger partial charge in [0.15, 0.2) is 0 Å². The van der Waals surface area contributed by atoms with Crippen molar-refractivity contribution in [3.63, 3.8) is 0 Å². The first-order valence-electron chi connectivity index (χ1n) is 9.98. The van der Waals surface area contributed by atoms with Gasteiger partial charge in [0.05, 0.1) is 0 Å². The van der Waals surface area contributed by atoms with Gasteiger partial charge < -0.3 is 0 Å². The van der Waals surface area contributed by atoms with Gasteiger partial charge in [-0.25, -0.2) is 0 Å². The molecule has 0 saturated heterocycles. The minimum atomic E-state index is -0.552. The molecule has 0 saturated carbocycles. The van der Waals surface area contributed by atoms with E-state index in [0.29, 0.717) is 0 Å². The van der Waals surface area contributed by atoms with Gasteiger partial charge in [-0.15, -0.1) is 0 Å². The van der Waals surface area contributed by atoms with Crippen LogP contribution in [0.1, 0.15) is 13.8 Å². The molecule has 3 heteroatoms. The van der Waals surface area contributed by atoms with Crippen molar-refractivity contribution in [2.75, 3.05) is 0 Å². The van der Waals surface area contributed by atoms with E-state index in [1.165, 1.54) is 21.2 Å². The average molecular weight is 471 g/mol. The van der Waals surface area contributed by atoms with Crippen molar-refractivity contribution in [1.82, 2.24) is 0 Å². The summed E-state index contributed by atoms with van der Waals surface area (Å²) >= 11 is 0. The van der Waals surface area contributed by atoms with E-state index in [1.54, 1.807) is 0 Å². The molecular formula is C27H26NiP2. The number of rotatable bonds is 6. The zero-order valence-corrected chi connectivity index (χ0v) is 20.0. The van der Waals surface area contributed by atoms with E-state index in [-0.39, 0.29) is 21.4 Å². The number of benzene rings is 4. The zero-order chi connectivity index (χ0) is 20.1. The Morgan fingerprint density at radius 1 is 0.400 bits per heavy atom. The quantitative estimate of drug-likeness (QED) is 0.240. The van der Waals surface area contributed by atoms with Crippen LogP contribution in [0.3, 0.4) is 0 Å². The molecule has 0 aliphatic heterocycles. The smallest absolute Gasteiger partial charge is 0.0210 e. The van der Waals surface area contributed by atoms with Crippen LogP contribution in [0.25, 0.3) is 0 Å². The van der Waals surface area contributed by atoms with E-state index in [2.05, 4.69) is 135 Å². The summed E-state index contributed by atoms with van der Waals surface area (Å²) in [6.07, 6.45) is 0. The zero-order valence-electron chi connectivity index (χ0n) is 17.3. The standard InChI is InChI=1S/C27H26P2.Ni/c1-27(2,28(23-15-7-3-8-16-23)24-17-9-4-10-18-24)29(25-19-11-5-12-20-25)26-21-13-6-14-22-26;/h3-22H,1-2H3;. The molecule has 4 aromatic rings. The Kier molecular flexibility index (Phi) is 8.02. The number of hydrogen-bond donors (Lipinski definition) is 0. The van der Waals surface area contributed by atoms with Crippen LogP contribution in [0.2, 0.25) is 0 Å². The Morgan fingerprint density at radius 2 is 0.600 bits per heavy atom. The fourth-order valence-electron chi connectivity index (χ4n) is 3.97. The largest absolute Gasteiger partial charge is 0.0622 e. The molecule has 30 heavy (non-hydrogen) atoms. The molecule has 0 heterocycles. The topological polar surface area (TPSA) is 0 Å². The van der Waals surface area contributed by atoms with Crippen LogP contribution < -0.4 is 21.2 Å². The van der Waals surface area contributed by atoms with Crippen LogP contribution in [0.5, 0.6) is 0 Å². The van der Waals surface area contributed by atoms with Crippen molar-refractivity contribution in [2.24, 2.45) is 0 Å². The van der Waals surface area contributed by atoms with E-state index in [1.807, 2.05) is 0 Å². The number of hydrogen-bond acceptors (Lipinski definition) is 0. The SMILES string of the molecule is CC(C)(P(c1ccccc1)c1ccccc1)P(c1ccccc1)c1ccccc1.[Ni]. The third kappa shape index (κ3) is 4.93. The molecule has 0 aliphatic carbocycles. The van der Waals surface area contributed by atoms with E-state index < -0.39 is 15.8 Å². The fourth-order valence-corrected chi connectivity index (χ4v) is 11.2. The van der Waals surface area contributed by atoms with Gasteiger partial charge >= 0.3 is 0 Å².